The van der Waals surface area contributed by atoms with Crippen molar-refractivity contribution in [3.05, 3.63) is 71.7 Å². The zero-order chi connectivity index (χ0) is 19.5. The molecule has 1 aliphatic carbocycles. The molecule has 3 heterocycles. The van der Waals surface area contributed by atoms with E-state index in [0.29, 0.717) is 12.2 Å². The summed E-state index contributed by atoms with van der Waals surface area (Å²) < 4.78 is 1.90. The normalized spacial score (nSPS) is 29.0. The van der Waals surface area contributed by atoms with Crippen LogP contribution in [-0.2, 0) is 0 Å². The van der Waals surface area contributed by atoms with Crippen molar-refractivity contribution in [2.24, 2.45) is 11.3 Å². The molecule has 2 aromatic heterocycles. The summed E-state index contributed by atoms with van der Waals surface area (Å²) in [5.74, 6) is -0.143. The lowest BCUT2D eigenvalue weighted by Crippen LogP contribution is -2.30. The number of fused-ring (bicyclic) bond motifs is 1. The van der Waals surface area contributed by atoms with Crippen LogP contribution in [-0.4, -0.2) is 56.2 Å². The number of hydrogen-bond acceptors (Lipinski definition) is 4. The number of carbonyl (C=O) groups excluding carboxylic acids is 1. The molecule has 0 bridgehead atoms. The molecule has 1 saturated heterocycles. The van der Waals surface area contributed by atoms with Gasteiger partial charge < -0.3 is 19.5 Å². The van der Waals surface area contributed by atoms with Gasteiger partial charge in [-0.25, -0.2) is 4.98 Å². The van der Waals surface area contributed by atoms with Crippen LogP contribution in [0.3, 0.4) is 0 Å². The molecule has 2 N–H and O–H groups in total. The number of aliphatic hydroxyl groups excluding tert-OH is 2. The molecule has 1 aliphatic heterocycles. The summed E-state index contributed by atoms with van der Waals surface area (Å²) in [6, 6.07) is 15.7. The topological polar surface area (TPSA) is 78.1 Å². The minimum Gasteiger partial charge on any atom is -0.396 e. The number of β-amino-alcohol motifs (C(OH)–C–C–N with tert-alkyl or cyclic N) is 1. The first kappa shape index (κ1) is 17.4. The average Bonchev–Trinajstić information content (AvgIpc) is 2.97. The Morgan fingerprint density at radius 3 is 2.71 bits per heavy atom. The van der Waals surface area contributed by atoms with Crippen LogP contribution in [0.2, 0.25) is 0 Å². The molecule has 0 unspecified atom stereocenters. The van der Waals surface area contributed by atoms with E-state index in [1.54, 1.807) is 11.1 Å². The van der Waals surface area contributed by atoms with Crippen molar-refractivity contribution >= 4 is 11.6 Å². The number of aromatic nitrogens is 2. The molecule has 3 aromatic rings. The SMILES string of the molecule is Cc1cccc2nc(C(=O)N3C[C@H](O)[C@@]4(C3)[C@H](CO)[C@H]4c3ccccc3)cn12. The molecule has 1 aromatic carbocycles. The molecule has 1 saturated carbocycles. The largest absolute Gasteiger partial charge is 0.396 e. The number of rotatable bonds is 3. The van der Waals surface area contributed by atoms with Gasteiger partial charge in [0, 0.05) is 37.0 Å². The lowest BCUT2D eigenvalue weighted by molar-refractivity contribution is 0.0759. The smallest absolute Gasteiger partial charge is 0.274 e. The predicted molar refractivity (Wildman–Crippen MR) is 104 cm³/mol. The molecule has 0 radical (unpaired) electrons. The molecule has 4 atom stereocenters. The third-order valence-corrected chi connectivity index (χ3v) is 6.60. The lowest BCUT2D eigenvalue weighted by atomic mass is 9.95. The predicted octanol–water partition coefficient (Wildman–Crippen LogP) is 1.85. The first-order valence-corrected chi connectivity index (χ1v) is 9.64. The summed E-state index contributed by atoms with van der Waals surface area (Å²) in [6.07, 6.45) is 1.10. The molecule has 6 nitrogen and oxygen atoms in total. The van der Waals surface area contributed by atoms with Crippen molar-refractivity contribution in [3.63, 3.8) is 0 Å². The van der Waals surface area contributed by atoms with Crippen LogP contribution in [0.25, 0.3) is 5.65 Å². The van der Waals surface area contributed by atoms with Crippen LogP contribution in [0, 0.1) is 18.3 Å². The number of nitrogens with zero attached hydrogens (tertiary/aromatic N) is 3. The molecule has 2 fully saturated rings. The monoisotopic (exact) mass is 377 g/mol. The van der Waals surface area contributed by atoms with Crippen molar-refractivity contribution < 1.29 is 15.0 Å². The molecule has 28 heavy (non-hydrogen) atoms. The number of carbonyl (C=O) groups is 1. The van der Waals surface area contributed by atoms with Crippen molar-refractivity contribution in [2.45, 2.75) is 18.9 Å². The van der Waals surface area contributed by atoms with E-state index in [1.165, 1.54) is 0 Å². The van der Waals surface area contributed by atoms with E-state index in [-0.39, 0.29) is 30.9 Å². The average molecular weight is 377 g/mol. The van der Waals surface area contributed by atoms with Crippen molar-refractivity contribution in [1.29, 1.82) is 0 Å². The van der Waals surface area contributed by atoms with Crippen LogP contribution < -0.4 is 0 Å². The maximum atomic E-state index is 13.1. The van der Waals surface area contributed by atoms with Gasteiger partial charge in [0.15, 0.2) is 0 Å². The zero-order valence-corrected chi connectivity index (χ0v) is 15.7. The minimum absolute atomic E-state index is 0.00616. The maximum absolute atomic E-state index is 13.1. The van der Waals surface area contributed by atoms with E-state index in [2.05, 4.69) is 4.98 Å². The number of hydrogen-bond donors (Lipinski definition) is 2. The van der Waals surface area contributed by atoms with Crippen LogP contribution in [0.15, 0.2) is 54.7 Å². The first-order valence-electron chi connectivity index (χ1n) is 9.64. The van der Waals surface area contributed by atoms with Gasteiger partial charge in [0.1, 0.15) is 11.3 Å². The van der Waals surface area contributed by atoms with Gasteiger partial charge in [-0.2, -0.15) is 0 Å². The number of aryl methyl sites for hydroxylation is 1. The van der Waals surface area contributed by atoms with E-state index >= 15 is 0 Å². The van der Waals surface area contributed by atoms with E-state index in [0.717, 1.165) is 16.9 Å². The molecule has 6 heteroatoms. The van der Waals surface area contributed by atoms with E-state index < -0.39 is 11.5 Å². The summed E-state index contributed by atoms with van der Waals surface area (Å²) in [5.41, 5.74) is 2.77. The summed E-state index contributed by atoms with van der Waals surface area (Å²) >= 11 is 0. The second kappa shape index (κ2) is 6.15. The molecule has 5 rings (SSSR count). The van der Waals surface area contributed by atoms with Crippen LogP contribution in [0.5, 0.6) is 0 Å². The summed E-state index contributed by atoms with van der Waals surface area (Å²) in [5, 5.41) is 20.8. The van der Waals surface area contributed by atoms with Crippen molar-refractivity contribution in [2.75, 3.05) is 19.7 Å². The molecule has 1 amide bonds. The molecule has 1 spiro atoms. The Bertz CT molecular complexity index is 1050. The molecular weight excluding hydrogens is 354 g/mol. The first-order chi connectivity index (χ1) is 13.6. The Labute approximate surface area is 163 Å². The Morgan fingerprint density at radius 1 is 1.21 bits per heavy atom. The van der Waals surface area contributed by atoms with Gasteiger partial charge in [0.05, 0.1) is 6.10 Å². The van der Waals surface area contributed by atoms with E-state index in [9.17, 15) is 15.0 Å². The Hall–Kier alpha value is -2.70. The van der Waals surface area contributed by atoms with Gasteiger partial charge in [-0.05, 0) is 36.5 Å². The van der Waals surface area contributed by atoms with Crippen LogP contribution in [0.1, 0.15) is 27.7 Å². The number of benzene rings is 1. The third kappa shape index (κ3) is 2.34. The van der Waals surface area contributed by atoms with Crippen LogP contribution >= 0.6 is 0 Å². The fraction of sp³-hybridized carbons (Fsp3) is 0.364. The number of imidazole rings is 1. The van der Waals surface area contributed by atoms with Crippen LogP contribution in [0.4, 0.5) is 0 Å². The Balaban J connectivity index is 1.44. The number of pyridine rings is 1. The highest BCUT2D eigenvalue weighted by Crippen LogP contribution is 2.68. The second-order valence-corrected chi connectivity index (χ2v) is 8.01. The summed E-state index contributed by atoms with van der Waals surface area (Å²) in [7, 11) is 0. The van der Waals surface area contributed by atoms with Gasteiger partial charge in [-0.3, -0.25) is 4.79 Å². The fourth-order valence-corrected chi connectivity index (χ4v) is 5.14. The Morgan fingerprint density at radius 2 is 2.00 bits per heavy atom. The van der Waals surface area contributed by atoms with Gasteiger partial charge in [0.25, 0.3) is 5.91 Å². The van der Waals surface area contributed by atoms with Crippen molar-refractivity contribution in [3.8, 4) is 0 Å². The quantitative estimate of drug-likeness (QED) is 0.730. The van der Waals surface area contributed by atoms with E-state index in [1.807, 2.05) is 59.9 Å². The number of amides is 1. The highest BCUT2D eigenvalue weighted by Gasteiger charge is 2.71. The van der Waals surface area contributed by atoms with E-state index in [4.69, 9.17) is 0 Å². The van der Waals surface area contributed by atoms with Gasteiger partial charge in [-0.1, -0.05) is 36.4 Å². The molecule has 144 valence electrons. The fourth-order valence-electron chi connectivity index (χ4n) is 5.14. The van der Waals surface area contributed by atoms with Gasteiger partial charge in [-0.15, -0.1) is 0 Å². The third-order valence-electron chi connectivity index (χ3n) is 6.60. The molecule has 2 aliphatic rings. The standard InChI is InChI=1S/C22H23N3O3/c1-14-6-5-9-19-23-17(10-25(14)19)21(28)24-11-18(27)22(13-24)16(12-26)20(22)15-7-3-2-4-8-15/h2-10,16,18,20,26-27H,11-13H2,1H3/t16-,18+,20-,22-/m1/s1. The minimum atomic E-state index is -0.655. The van der Waals surface area contributed by atoms with Gasteiger partial charge >= 0.3 is 0 Å². The number of likely N-dealkylation sites (tertiary alicyclic amines) is 1. The van der Waals surface area contributed by atoms with Crippen molar-refractivity contribution in [1.82, 2.24) is 14.3 Å². The highest BCUT2D eigenvalue weighted by atomic mass is 16.3. The maximum Gasteiger partial charge on any atom is 0.274 e. The highest BCUT2D eigenvalue weighted by molar-refractivity contribution is 5.93. The molecular formula is C22H23N3O3. The second-order valence-electron chi connectivity index (χ2n) is 8.01. The summed E-state index contributed by atoms with van der Waals surface area (Å²) in [4.78, 5) is 19.3. The van der Waals surface area contributed by atoms with Gasteiger partial charge in [0.2, 0.25) is 0 Å². The number of aliphatic hydroxyl groups is 2. The lowest BCUT2D eigenvalue weighted by Gasteiger charge is -2.15. The Kier molecular flexibility index (Phi) is 3.82. The zero-order valence-electron chi connectivity index (χ0n) is 15.7. The summed E-state index contributed by atoms with van der Waals surface area (Å²) in [6.45, 7) is 2.68.